The van der Waals surface area contributed by atoms with Gasteiger partial charge in [-0.05, 0) is 24.7 Å². The molecule has 2 N–H and O–H groups in total. The molecule has 0 radical (unpaired) electrons. The molecule has 1 atom stereocenters. The van der Waals surface area contributed by atoms with Gasteiger partial charge in [0, 0.05) is 5.71 Å². The zero-order chi connectivity index (χ0) is 15.1. The summed E-state index contributed by atoms with van der Waals surface area (Å²) in [6, 6.07) is 0. The molecule has 0 aromatic carbocycles. The Morgan fingerprint density at radius 1 is 1.15 bits per heavy atom. The van der Waals surface area contributed by atoms with E-state index >= 15 is 0 Å². The summed E-state index contributed by atoms with van der Waals surface area (Å²) in [7, 11) is 0. The molecule has 4 heteroatoms. The molecule has 4 nitrogen and oxygen atoms in total. The Bertz CT molecular complexity index is 321. The molecule has 1 saturated carbocycles. The van der Waals surface area contributed by atoms with E-state index < -0.39 is 6.23 Å². The lowest BCUT2D eigenvalue weighted by molar-refractivity contribution is -0.122. The lowest BCUT2D eigenvalue weighted by atomic mass is 9.97. The lowest BCUT2D eigenvalue weighted by Gasteiger charge is -2.26. The fourth-order valence-electron chi connectivity index (χ4n) is 2.85. The molecule has 0 saturated heterocycles. The molecule has 1 aliphatic rings. The number of aliphatic imine (C=N–C) groups is 1. The number of amides is 1. The second-order valence-corrected chi connectivity index (χ2v) is 6.38. The molecular weight excluding hydrogens is 252 g/mol. The minimum Gasteiger partial charge on any atom is -0.370 e. The van der Waals surface area contributed by atoms with Crippen LogP contribution < -0.4 is 5.73 Å². The van der Waals surface area contributed by atoms with Crippen molar-refractivity contribution in [1.29, 1.82) is 0 Å². The minimum absolute atomic E-state index is 0.180. The molecule has 1 unspecified atom stereocenters. The van der Waals surface area contributed by atoms with E-state index in [1.54, 1.807) is 0 Å². The Hall–Kier alpha value is -0.900. The van der Waals surface area contributed by atoms with Crippen LogP contribution in [0.2, 0.25) is 0 Å². The monoisotopic (exact) mass is 282 g/mol. The summed E-state index contributed by atoms with van der Waals surface area (Å²) in [4.78, 5) is 15.9. The summed E-state index contributed by atoms with van der Waals surface area (Å²) in [5.41, 5.74) is 6.44. The van der Waals surface area contributed by atoms with Crippen LogP contribution >= 0.6 is 0 Å². The number of nitrogens with zero attached hydrogens (tertiary/aromatic N) is 1. The number of nitrogens with two attached hydrogens (primary N) is 1. The lowest BCUT2D eigenvalue weighted by Crippen LogP contribution is -2.29. The number of rotatable bonds is 7. The van der Waals surface area contributed by atoms with Crippen LogP contribution in [0.15, 0.2) is 4.99 Å². The van der Waals surface area contributed by atoms with Crippen LogP contribution in [0.3, 0.4) is 0 Å². The first kappa shape index (κ1) is 17.2. The summed E-state index contributed by atoms with van der Waals surface area (Å²) in [5.74, 6) is 0.377. The molecule has 1 amide bonds. The van der Waals surface area contributed by atoms with Gasteiger partial charge in [0.2, 0.25) is 5.91 Å². The van der Waals surface area contributed by atoms with Crippen LogP contribution in [0.25, 0.3) is 0 Å². The molecular formula is C16H30N2O2. The van der Waals surface area contributed by atoms with E-state index in [2.05, 4.69) is 27.7 Å². The molecule has 0 spiro atoms. The van der Waals surface area contributed by atoms with Crippen molar-refractivity contribution in [2.24, 2.45) is 22.6 Å². The van der Waals surface area contributed by atoms with E-state index in [0.29, 0.717) is 11.8 Å². The van der Waals surface area contributed by atoms with Gasteiger partial charge < -0.3 is 10.5 Å². The van der Waals surface area contributed by atoms with Crippen molar-refractivity contribution in [3.05, 3.63) is 0 Å². The van der Waals surface area contributed by atoms with Crippen LogP contribution in [0, 0.1) is 11.8 Å². The Morgan fingerprint density at radius 3 is 2.15 bits per heavy atom. The molecule has 20 heavy (non-hydrogen) atoms. The molecule has 0 bridgehead atoms. The second kappa shape index (κ2) is 8.40. The Morgan fingerprint density at radius 2 is 1.70 bits per heavy atom. The quantitative estimate of drug-likeness (QED) is 0.728. The maximum atomic E-state index is 11.2. The van der Waals surface area contributed by atoms with Gasteiger partial charge in [0.1, 0.15) is 0 Å². The highest BCUT2D eigenvalue weighted by atomic mass is 16.5. The largest absolute Gasteiger partial charge is 0.370 e. The number of primary amides is 1. The summed E-state index contributed by atoms with van der Waals surface area (Å²) in [5, 5.41) is 0. The third-order valence-electron chi connectivity index (χ3n) is 3.75. The Balaban J connectivity index is 2.75. The van der Waals surface area contributed by atoms with Gasteiger partial charge in [-0.3, -0.25) is 9.79 Å². The van der Waals surface area contributed by atoms with Crippen molar-refractivity contribution in [3.63, 3.8) is 0 Å². The number of carbonyl (C=O) groups is 1. The summed E-state index contributed by atoms with van der Waals surface area (Å²) in [6.07, 6.45) is 5.85. The van der Waals surface area contributed by atoms with Gasteiger partial charge in [-0.15, -0.1) is 0 Å². The van der Waals surface area contributed by atoms with E-state index in [1.807, 2.05) is 0 Å². The van der Waals surface area contributed by atoms with Crippen LogP contribution in [0.4, 0.5) is 0 Å². The van der Waals surface area contributed by atoms with Gasteiger partial charge in [0.25, 0.3) is 0 Å². The average molecular weight is 282 g/mol. The zero-order valence-corrected chi connectivity index (χ0v) is 13.4. The molecule has 1 aliphatic carbocycles. The van der Waals surface area contributed by atoms with Crippen molar-refractivity contribution >= 4 is 11.6 Å². The predicted octanol–water partition coefficient (Wildman–Crippen LogP) is 3.29. The normalized spacial score (nSPS) is 18.3. The van der Waals surface area contributed by atoms with Crippen molar-refractivity contribution < 1.29 is 9.53 Å². The molecule has 0 aromatic heterocycles. The van der Waals surface area contributed by atoms with Crippen molar-refractivity contribution in [3.8, 4) is 0 Å². The smallest absolute Gasteiger partial charge is 0.222 e. The van der Waals surface area contributed by atoms with Gasteiger partial charge in [0.15, 0.2) is 6.23 Å². The second-order valence-electron chi connectivity index (χ2n) is 6.38. The maximum Gasteiger partial charge on any atom is 0.222 e. The Kier molecular flexibility index (Phi) is 7.20. The highest BCUT2D eigenvalue weighted by Crippen LogP contribution is 2.23. The predicted molar refractivity (Wildman–Crippen MR) is 82.7 cm³/mol. The van der Waals surface area contributed by atoms with Gasteiger partial charge in [0.05, 0.1) is 12.5 Å². The Labute approximate surface area is 123 Å². The third kappa shape index (κ3) is 6.04. The molecule has 0 aromatic rings. The number of hydrogen-bond donors (Lipinski definition) is 1. The first-order valence-corrected chi connectivity index (χ1v) is 7.91. The SMILES string of the molecule is CC(C)C(=NC(CC(N)=O)OC1CCCCC1)C(C)C. The van der Waals surface area contributed by atoms with Crippen LogP contribution in [-0.2, 0) is 9.53 Å². The van der Waals surface area contributed by atoms with Crippen LogP contribution in [-0.4, -0.2) is 24.0 Å². The fraction of sp³-hybridized carbons (Fsp3) is 0.875. The van der Waals surface area contributed by atoms with Gasteiger partial charge >= 0.3 is 0 Å². The van der Waals surface area contributed by atoms with Crippen LogP contribution in [0.1, 0.15) is 66.2 Å². The third-order valence-corrected chi connectivity index (χ3v) is 3.75. The summed E-state index contributed by atoms with van der Waals surface area (Å²) in [6.45, 7) is 8.50. The first-order valence-electron chi connectivity index (χ1n) is 7.91. The summed E-state index contributed by atoms with van der Waals surface area (Å²) >= 11 is 0. The van der Waals surface area contributed by atoms with Gasteiger partial charge in [-0.25, -0.2) is 0 Å². The minimum atomic E-state index is -0.407. The zero-order valence-electron chi connectivity index (χ0n) is 13.4. The standard InChI is InChI=1S/C16H30N2O2/c1-11(2)16(12(3)4)18-15(10-14(17)19)20-13-8-6-5-7-9-13/h11-13,15H,5-10H2,1-4H3,(H2,17,19). The van der Waals surface area contributed by atoms with Crippen molar-refractivity contribution in [2.75, 3.05) is 0 Å². The van der Waals surface area contributed by atoms with Gasteiger partial charge in [-0.1, -0.05) is 47.0 Å². The maximum absolute atomic E-state index is 11.2. The summed E-state index contributed by atoms with van der Waals surface area (Å²) < 4.78 is 6.04. The molecule has 1 fully saturated rings. The molecule has 0 aliphatic heterocycles. The van der Waals surface area contributed by atoms with Crippen molar-refractivity contribution in [2.45, 2.75) is 78.6 Å². The highest BCUT2D eigenvalue weighted by Gasteiger charge is 2.22. The number of hydrogen-bond acceptors (Lipinski definition) is 3. The molecule has 1 rings (SSSR count). The number of carbonyl (C=O) groups excluding carboxylic acids is 1. The highest BCUT2D eigenvalue weighted by molar-refractivity contribution is 5.88. The van der Waals surface area contributed by atoms with E-state index in [9.17, 15) is 4.79 Å². The molecule has 0 heterocycles. The topological polar surface area (TPSA) is 64.7 Å². The van der Waals surface area contributed by atoms with E-state index in [1.165, 1.54) is 19.3 Å². The van der Waals surface area contributed by atoms with Crippen LogP contribution in [0.5, 0.6) is 0 Å². The number of ether oxygens (including phenoxy) is 1. The van der Waals surface area contributed by atoms with E-state index in [4.69, 9.17) is 15.5 Å². The van der Waals surface area contributed by atoms with E-state index in [-0.39, 0.29) is 18.4 Å². The fourth-order valence-corrected chi connectivity index (χ4v) is 2.85. The molecule has 116 valence electrons. The average Bonchev–Trinajstić information content (AvgIpc) is 2.35. The van der Waals surface area contributed by atoms with Gasteiger partial charge in [-0.2, -0.15) is 0 Å². The first-order chi connectivity index (χ1) is 9.40. The van der Waals surface area contributed by atoms with Crippen molar-refractivity contribution in [1.82, 2.24) is 0 Å². The van der Waals surface area contributed by atoms with E-state index in [0.717, 1.165) is 18.6 Å².